The molecule has 1 aliphatic rings. The van der Waals surface area contributed by atoms with Gasteiger partial charge < -0.3 is 15.8 Å². The minimum atomic E-state index is -0.0748. The number of nitrogens with two attached hydrogens (primary N) is 1. The maximum Gasteiger partial charge on any atom is 0.238 e. The number of anilines is 2. The van der Waals surface area contributed by atoms with Crippen LogP contribution in [-0.2, 0) is 9.53 Å². The molecule has 1 heterocycles. The molecular formula is C15H22ClN3O2. The average Bonchev–Trinajstić information content (AvgIpc) is 2.42. The van der Waals surface area contributed by atoms with Gasteiger partial charge in [0.25, 0.3) is 0 Å². The fourth-order valence-electron chi connectivity index (χ4n) is 2.49. The van der Waals surface area contributed by atoms with Gasteiger partial charge in [-0.1, -0.05) is 18.5 Å². The van der Waals surface area contributed by atoms with Gasteiger partial charge in [0.15, 0.2) is 0 Å². The Bertz CT molecular complexity index is 510. The summed E-state index contributed by atoms with van der Waals surface area (Å²) in [4.78, 5) is 14.4. The van der Waals surface area contributed by atoms with Crippen LogP contribution in [0.3, 0.4) is 0 Å². The number of halogens is 1. The van der Waals surface area contributed by atoms with Gasteiger partial charge in [-0.3, -0.25) is 9.69 Å². The van der Waals surface area contributed by atoms with E-state index in [1.165, 1.54) is 0 Å². The van der Waals surface area contributed by atoms with Crippen LogP contribution in [0, 0.1) is 0 Å². The van der Waals surface area contributed by atoms with Gasteiger partial charge in [-0.15, -0.1) is 0 Å². The number of nitrogens with zero attached hydrogens (tertiary/aromatic N) is 1. The second kappa shape index (κ2) is 7.11. The highest BCUT2D eigenvalue weighted by atomic mass is 35.5. The average molecular weight is 312 g/mol. The van der Waals surface area contributed by atoms with E-state index in [-0.39, 0.29) is 18.1 Å². The van der Waals surface area contributed by atoms with E-state index in [9.17, 15) is 4.79 Å². The smallest absolute Gasteiger partial charge is 0.238 e. The summed E-state index contributed by atoms with van der Waals surface area (Å²) in [5, 5.41) is 3.29. The molecule has 2 atom stereocenters. The number of nitrogens with one attached hydrogen (secondary N) is 1. The first-order valence-electron chi connectivity index (χ1n) is 7.20. The second-order valence-electron chi connectivity index (χ2n) is 5.42. The zero-order chi connectivity index (χ0) is 15.4. The molecular weight excluding hydrogens is 290 g/mol. The van der Waals surface area contributed by atoms with Crippen molar-refractivity contribution in [1.82, 2.24) is 4.90 Å². The summed E-state index contributed by atoms with van der Waals surface area (Å²) in [6, 6.07) is 5.35. The largest absolute Gasteiger partial charge is 0.399 e. The normalized spacial score (nSPS) is 23.0. The number of carbonyl (C=O) groups is 1. The number of hydrogen-bond donors (Lipinski definition) is 2. The number of rotatable bonds is 4. The Morgan fingerprint density at radius 3 is 3.00 bits per heavy atom. The van der Waals surface area contributed by atoms with E-state index in [0.717, 1.165) is 13.0 Å². The first-order valence-corrected chi connectivity index (χ1v) is 7.58. The van der Waals surface area contributed by atoms with Crippen LogP contribution in [0.15, 0.2) is 18.2 Å². The Labute approximate surface area is 130 Å². The lowest BCUT2D eigenvalue weighted by atomic mass is 10.1. The van der Waals surface area contributed by atoms with Crippen LogP contribution in [0.5, 0.6) is 0 Å². The number of hydrogen-bond acceptors (Lipinski definition) is 4. The summed E-state index contributed by atoms with van der Waals surface area (Å²) in [6.07, 6.45) is 1.11. The number of ether oxygens (including phenoxy) is 1. The van der Waals surface area contributed by atoms with Crippen molar-refractivity contribution in [1.29, 1.82) is 0 Å². The molecule has 0 spiro atoms. The van der Waals surface area contributed by atoms with Gasteiger partial charge in [-0.25, -0.2) is 0 Å². The predicted molar refractivity (Wildman–Crippen MR) is 85.6 cm³/mol. The van der Waals surface area contributed by atoms with Crippen LogP contribution < -0.4 is 11.1 Å². The molecule has 0 aromatic heterocycles. The fourth-order valence-corrected chi connectivity index (χ4v) is 2.73. The molecule has 0 radical (unpaired) electrons. The maximum absolute atomic E-state index is 12.2. The maximum atomic E-state index is 12.2. The highest BCUT2D eigenvalue weighted by Gasteiger charge is 2.27. The van der Waals surface area contributed by atoms with Gasteiger partial charge in [0.05, 0.1) is 30.0 Å². The molecule has 1 amide bonds. The Kier molecular flexibility index (Phi) is 5.45. The lowest BCUT2D eigenvalue weighted by molar-refractivity contribution is -0.121. The summed E-state index contributed by atoms with van der Waals surface area (Å²) in [7, 11) is 0. The van der Waals surface area contributed by atoms with E-state index >= 15 is 0 Å². The number of amides is 1. The predicted octanol–water partition coefficient (Wildman–Crippen LogP) is 2.36. The van der Waals surface area contributed by atoms with Crippen molar-refractivity contribution in [3.8, 4) is 0 Å². The van der Waals surface area contributed by atoms with Crippen molar-refractivity contribution >= 4 is 28.9 Å². The van der Waals surface area contributed by atoms with Gasteiger partial charge in [0.1, 0.15) is 0 Å². The Morgan fingerprint density at radius 1 is 1.57 bits per heavy atom. The van der Waals surface area contributed by atoms with Crippen molar-refractivity contribution in [3.63, 3.8) is 0 Å². The molecule has 0 bridgehead atoms. The van der Waals surface area contributed by atoms with E-state index < -0.39 is 0 Å². The summed E-state index contributed by atoms with van der Waals surface area (Å²) >= 11 is 6.07. The quantitative estimate of drug-likeness (QED) is 0.838. The minimum Gasteiger partial charge on any atom is -0.399 e. The topological polar surface area (TPSA) is 67.6 Å². The van der Waals surface area contributed by atoms with E-state index in [1.54, 1.807) is 18.2 Å². The van der Waals surface area contributed by atoms with Crippen molar-refractivity contribution in [2.45, 2.75) is 32.4 Å². The third-order valence-electron chi connectivity index (χ3n) is 3.67. The molecule has 1 aliphatic heterocycles. The first-order chi connectivity index (χ1) is 9.99. The highest BCUT2D eigenvalue weighted by Crippen LogP contribution is 2.24. The zero-order valence-corrected chi connectivity index (χ0v) is 13.2. The summed E-state index contributed by atoms with van der Waals surface area (Å²) in [5.74, 6) is -0.0748. The summed E-state index contributed by atoms with van der Waals surface area (Å²) < 4.78 is 5.64. The molecule has 1 aromatic carbocycles. The highest BCUT2D eigenvalue weighted by molar-refractivity contribution is 6.34. The molecule has 0 saturated carbocycles. The van der Waals surface area contributed by atoms with Crippen LogP contribution in [0.25, 0.3) is 0 Å². The van der Waals surface area contributed by atoms with Crippen molar-refractivity contribution in [2.75, 3.05) is 30.7 Å². The van der Waals surface area contributed by atoms with Crippen molar-refractivity contribution < 1.29 is 9.53 Å². The molecule has 5 nitrogen and oxygen atoms in total. The Morgan fingerprint density at radius 2 is 2.33 bits per heavy atom. The zero-order valence-electron chi connectivity index (χ0n) is 12.4. The lowest BCUT2D eigenvalue weighted by Gasteiger charge is -2.37. The second-order valence-corrected chi connectivity index (χ2v) is 5.83. The molecule has 21 heavy (non-hydrogen) atoms. The van der Waals surface area contributed by atoms with Crippen LogP contribution >= 0.6 is 11.6 Å². The van der Waals surface area contributed by atoms with Gasteiger partial charge in [0.2, 0.25) is 5.91 Å². The fraction of sp³-hybridized carbons (Fsp3) is 0.533. The molecule has 1 saturated heterocycles. The third kappa shape index (κ3) is 4.33. The van der Waals surface area contributed by atoms with E-state index in [0.29, 0.717) is 29.5 Å². The van der Waals surface area contributed by atoms with Crippen LogP contribution in [-0.4, -0.2) is 42.6 Å². The standard InChI is InChI=1S/C15H22ClN3O2/c1-3-12-9-21-10(2)7-19(12)8-15(20)18-14-5-4-11(17)6-13(14)16/h4-6,10,12H,3,7-9,17H2,1-2H3,(H,18,20). The summed E-state index contributed by atoms with van der Waals surface area (Å²) in [6.45, 7) is 5.90. The summed E-state index contributed by atoms with van der Waals surface area (Å²) in [5.41, 5.74) is 6.80. The van der Waals surface area contributed by atoms with Crippen LogP contribution in [0.2, 0.25) is 5.02 Å². The first kappa shape index (κ1) is 16.1. The monoisotopic (exact) mass is 311 g/mol. The molecule has 2 unspecified atom stereocenters. The number of carbonyl (C=O) groups excluding carboxylic acids is 1. The van der Waals surface area contributed by atoms with E-state index in [4.69, 9.17) is 22.1 Å². The van der Waals surface area contributed by atoms with Gasteiger partial charge in [-0.2, -0.15) is 0 Å². The van der Waals surface area contributed by atoms with Crippen LogP contribution in [0.4, 0.5) is 11.4 Å². The number of nitrogen functional groups attached to an aromatic ring is 1. The van der Waals surface area contributed by atoms with Crippen molar-refractivity contribution in [3.05, 3.63) is 23.2 Å². The Balaban J connectivity index is 1.97. The molecule has 6 heteroatoms. The van der Waals surface area contributed by atoms with Gasteiger partial charge in [-0.05, 0) is 31.5 Å². The van der Waals surface area contributed by atoms with E-state index in [1.807, 2.05) is 6.92 Å². The third-order valence-corrected chi connectivity index (χ3v) is 3.98. The van der Waals surface area contributed by atoms with Gasteiger partial charge >= 0.3 is 0 Å². The van der Waals surface area contributed by atoms with Gasteiger partial charge in [0, 0.05) is 18.3 Å². The molecule has 1 aromatic rings. The molecule has 1 fully saturated rings. The molecule has 0 aliphatic carbocycles. The molecule has 2 rings (SSSR count). The van der Waals surface area contributed by atoms with E-state index in [2.05, 4.69) is 17.1 Å². The van der Waals surface area contributed by atoms with Crippen LogP contribution in [0.1, 0.15) is 20.3 Å². The minimum absolute atomic E-state index is 0.0748. The SMILES string of the molecule is CCC1COC(C)CN1CC(=O)Nc1ccc(N)cc1Cl. The molecule has 3 N–H and O–H groups in total. The lowest BCUT2D eigenvalue weighted by Crippen LogP contribution is -2.51. The number of morpholine rings is 1. The number of benzene rings is 1. The molecule has 116 valence electrons. The van der Waals surface area contributed by atoms with Crippen molar-refractivity contribution in [2.24, 2.45) is 0 Å². The Hall–Kier alpha value is -1.30.